The fraction of sp³-hybridized carbons (Fsp3) is 0.500. The molecule has 0 aliphatic heterocycles. The summed E-state index contributed by atoms with van der Waals surface area (Å²) >= 11 is 0. The molecule has 0 aliphatic rings. The average Bonchev–Trinajstić information content (AvgIpc) is 2.35. The van der Waals surface area contributed by atoms with E-state index in [0.29, 0.717) is 19.4 Å². The number of carbonyl (C=O) groups excluding carboxylic acids is 1. The Bertz CT molecular complexity index is 577. The van der Waals surface area contributed by atoms with Gasteiger partial charge in [0.1, 0.15) is 0 Å². The highest BCUT2D eigenvalue weighted by molar-refractivity contribution is 5.94. The van der Waals surface area contributed by atoms with Crippen LogP contribution in [-0.2, 0) is 4.79 Å². The van der Waals surface area contributed by atoms with Crippen LogP contribution in [0.15, 0.2) is 16.9 Å². The van der Waals surface area contributed by atoms with Gasteiger partial charge in [0.25, 0.3) is 11.5 Å². The van der Waals surface area contributed by atoms with Crippen molar-refractivity contribution < 1.29 is 19.8 Å². The quantitative estimate of drug-likeness (QED) is 0.600. The van der Waals surface area contributed by atoms with Crippen molar-refractivity contribution >= 4 is 11.9 Å². The molecule has 1 aromatic heterocycles. The molecule has 21 heavy (non-hydrogen) atoms. The van der Waals surface area contributed by atoms with E-state index in [2.05, 4.69) is 10.3 Å². The lowest BCUT2D eigenvalue weighted by Crippen LogP contribution is -2.29. The Morgan fingerprint density at radius 1 is 1.29 bits per heavy atom. The van der Waals surface area contributed by atoms with Gasteiger partial charge in [0.2, 0.25) is 0 Å². The number of carboxylic acid groups (broad SMARTS) is 1. The smallest absolute Gasteiger partial charge is 0.303 e. The molecule has 7 heteroatoms. The summed E-state index contributed by atoms with van der Waals surface area (Å²) in [5, 5.41) is 20.5. The molecule has 1 heterocycles. The molecular formula is C14H20N2O5. The fourth-order valence-corrected chi connectivity index (χ4v) is 1.85. The highest BCUT2D eigenvalue weighted by atomic mass is 16.4. The van der Waals surface area contributed by atoms with Gasteiger partial charge in [-0.3, -0.25) is 19.4 Å². The molecule has 1 aromatic rings. The van der Waals surface area contributed by atoms with E-state index in [4.69, 9.17) is 5.11 Å². The van der Waals surface area contributed by atoms with E-state index in [9.17, 15) is 19.5 Å². The molecule has 0 saturated carbocycles. The number of H-pyrrole nitrogens is 1. The second kappa shape index (κ2) is 6.92. The van der Waals surface area contributed by atoms with E-state index in [-0.39, 0.29) is 23.3 Å². The molecule has 0 aromatic carbocycles. The Balaban J connectivity index is 2.49. The molecular weight excluding hydrogens is 276 g/mol. The number of rotatable bonds is 7. The first kappa shape index (κ1) is 16.7. The summed E-state index contributed by atoms with van der Waals surface area (Å²) in [4.78, 5) is 35.7. The third-order valence-corrected chi connectivity index (χ3v) is 3.20. The molecule has 4 N–H and O–H groups in total. The Morgan fingerprint density at radius 2 is 1.95 bits per heavy atom. The van der Waals surface area contributed by atoms with Gasteiger partial charge in [-0.25, -0.2) is 0 Å². The maximum Gasteiger partial charge on any atom is 0.303 e. The van der Waals surface area contributed by atoms with Crippen LogP contribution in [0.25, 0.3) is 0 Å². The minimum absolute atomic E-state index is 0.0830. The number of nitrogens with one attached hydrogen (secondary N) is 2. The standard InChI is InChI=1S/C14H20N2O5/c1-14(2,4-3-12(19)20)5-6-15-13(21)9-7-10(17)16-11(18)8-9/h7-8H,3-6H2,1-2H3,(H,15,21)(H,19,20)(H2,16,17,18). The first-order chi connectivity index (χ1) is 9.69. The Morgan fingerprint density at radius 3 is 2.52 bits per heavy atom. The molecule has 0 fully saturated rings. The monoisotopic (exact) mass is 296 g/mol. The third-order valence-electron chi connectivity index (χ3n) is 3.20. The molecule has 1 amide bonds. The summed E-state index contributed by atoms with van der Waals surface area (Å²) in [6.07, 6.45) is 1.22. The van der Waals surface area contributed by atoms with Crippen molar-refractivity contribution in [1.82, 2.24) is 10.3 Å². The second-order valence-corrected chi connectivity index (χ2v) is 5.68. The summed E-state index contributed by atoms with van der Waals surface area (Å²) in [7, 11) is 0. The van der Waals surface area contributed by atoms with Gasteiger partial charge in [-0.05, 0) is 18.3 Å². The van der Waals surface area contributed by atoms with Crippen LogP contribution in [0.3, 0.4) is 0 Å². The second-order valence-electron chi connectivity index (χ2n) is 5.68. The van der Waals surface area contributed by atoms with E-state index in [0.717, 1.165) is 6.07 Å². The van der Waals surface area contributed by atoms with E-state index >= 15 is 0 Å². The van der Waals surface area contributed by atoms with Gasteiger partial charge in [0.15, 0.2) is 5.88 Å². The largest absolute Gasteiger partial charge is 0.494 e. The van der Waals surface area contributed by atoms with Gasteiger partial charge in [0, 0.05) is 25.1 Å². The molecule has 0 aliphatic carbocycles. The van der Waals surface area contributed by atoms with Gasteiger partial charge in [-0.15, -0.1) is 0 Å². The summed E-state index contributed by atoms with van der Waals surface area (Å²) < 4.78 is 0. The van der Waals surface area contributed by atoms with E-state index in [1.807, 2.05) is 13.8 Å². The average molecular weight is 296 g/mol. The number of aromatic hydroxyl groups is 1. The van der Waals surface area contributed by atoms with Crippen molar-refractivity contribution in [2.45, 2.75) is 33.1 Å². The fourth-order valence-electron chi connectivity index (χ4n) is 1.85. The topological polar surface area (TPSA) is 119 Å². The minimum atomic E-state index is -0.842. The predicted octanol–water partition coefficient (Wildman–Crippen LogP) is 1.09. The number of pyridine rings is 1. The minimum Gasteiger partial charge on any atom is -0.494 e. The number of aliphatic carboxylic acids is 1. The predicted molar refractivity (Wildman–Crippen MR) is 76.3 cm³/mol. The van der Waals surface area contributed by atoms with E-state index in [1.165, 1.54) is 6.07 Å². The van der Waals surface area contributed by atoms with Crippen LogP contribution in [0.5, 0.6) is 5.88 Å². The first-order valence-electron chi connectivity index (χ1n) is 6.63. The lowest BCUT2D eigenvalue weighted by atomic mass is 9.84. The van der Waals surface area contributed by atoms with Crippen molar-refractivity contribution in [1.29, 1.82) is 0 Å². The molecule has 0 spiro atoms. The molecule has 0 saturated heterocycles. The Labute approximate surface area is 122 Å². The van der Waals surface area contributed by atoms with Crippen molar-refractivity contribution in [3.8, 4) is 5.88 Å². The van der Waals surface area contributed by atoms with Crippen molar-refractivity contribution in [2.75, 3.05) is 6.54 Å². The molecule has 0 atom stereocenters. The molecule has 0 radical (unpaired) electrons. The maximum atomic E-state index is 11.8. The van der Waals surface area contributed by atoms with Gasteiger partial charge in [-0.1, -0.05) is 13.8 Å². The molecule has 7 nitrogen and oxygen atoms in total. The van der Waals surface area contributed by atoms with Crippen LogP contribution in [-0.4, -0.2) is 33.6 Å². The number of hydrogen-bond donors (Lipinski definition) is 4. The van der Waals surface area contributed by atoms with E-state index < -0.39 is 17.4 Å². The summed E-state index contributed by atoms with van der Waals surface area (Å²) in [6.45, 7) is 4.22. The van der Waals surface area contributed by atoms with Crippen molar-refractivity contribution in [3.05, 3.63) is 28.0 Å². The van der Waals surface area contributed by atoms with Crippen molar-refractivity contribution in [2.24, 2.45) is 5.41 Å². The highest BCUT2D eigenvalue weighted by Crippen LogP contribution is 2.26. The maximum absolute atomic E-state index is 11.8. The molecule has 116 valence electrons. The van der Waals surface area contributed by atoms with Gasteiger partial charge in [0.05, 0.1) is 5.56 Å². The summed E-state index contributed by atoms with van der Waals surface area (Å²) in [5.41, 5.74) is -0.677. The summed E-state index contributed by atoms with van der Waals surface area (Å²) in [6, 6.07) is 2.27. The lowest BCUT2D eigenvalue weighted by molar-refractivity contribution is -0.137. The number of amides is 1. The number of carbonyl (C=O) groups is 2. The molecule has 0 unspecified atom stereocenters. The number of hydrogen-bond acceptors (Lipinski definition) is 4. The van der Waals surface area contributed by atoms with Crippen LogP contribution < -0.4 is 10.9 Å². The normalized spacial score (nSPS) is 11.1. The van der Waals surface area contributed by atoms with Gasteiger partial charge >= 0.3 is 5.97 Å². The Hall–Kier alpha value is -2.31. The first-order valence-corrected chi connectivity index (χ1v) is 6.63. The number of aromatic amines is 1. The van der Waals surface area contributed by atoms with Crippen LogP contribution >= 0.6 is 0 Å². The zero-order valence-corrected chi connectivity index (χ0v) is 12.1. The zero-order valence-electron chi connectivity index (χ0n) is 12.1. The molecule has 1 rings (SSSR count). The SMILES string of the molecule is CC(C)(CCNC(=O)c1cc(O)[nH]c(=O)c1)CCC(=O)O. The number of carboxylic acids is 1. The lowest BCUT2D eigenvalue weighted by Gasteiger charge is -2.23. The Kier molecular flexibility index (Phi) is 5.52. The van der Waals surface area contributed by atoms with Gasteiger partial charge in [-0.2, -0.15) is 0 Å². The van der Waals surface area contributed by atoms with Crippen LogP contribution in [0.4, 0.5) is 0 Å². The van der Waals surface area contributed by atoms with Crippen LogP contribution in [0, 0.1) is 5.41 Å². The third kappa shape index (κ3) is 6.11. The van der Waals surface area contributed by atoms with Crippen LogP contribution in [0.1, 0.15) is 43.5 Å². The summed E-state index contributed by atoms with van der Waals surface area (Å²) in [5.74, 6) is -1.66. The molecule has 0 bridgehead atoms. The van der Waals surface area contributed by atoms with Gasteiger partial charge < -0.3 is 15.5 Å². The van der Waals surface area contributed by atoms with E-state index in [1.54, 1.807) is 0 Å². The van der Waals surface area contributed by atoms with Crippen molar-refractivity contribution in [3.63, 3.8) is 0 Å². The van der Waals surface area contributed by atoms with Crippen LogP contribution in [0.2, 0.25) is 0 Å². The number of aromatic nitrogens is 1. The highest BCUT2D eigenvalue weighted by Gasteiger charge is 2.19. The zero-order chi connectivity index (χ0) is 16.0.